The van der Waals surface area contributed by atoms with E-state index >= 15 is 0 Å². The number of carbonyl (C=O) groups is 2. The van der Waals surface area contributed by atoms with Gasteiger partial charge in [-0.1, -0.05) is 48.4 Å². The number of carbonyl (C=O) groups excluding carboxylic acids is 3. The Kier molecular flexibility index (Phi) is 7.83. The first kappa shape index (κ1) is 27.1. The van der Waals surface area contributed by atoms with Gasteiger partial charge in [0, 0.05) is 17.1 Å². The number of fused-ring (bicyclic) bond motifs is 1. The second kappa shape index (κ2) is 11.3. The Bertz CT molecular complexity index is 1520. The van der Waals surface area contributed by atoms with Crippen molar-refractivity contribution in [3.8, 4) is 0 Å². The molecule has 1 aliphatic heterocycles. The zero-order valence-electron chi connectivity index (χ0n) is 21.8. The number of anilines is 1. The van der Waals surface area contributed by atoms with Crippen LogP contribution in [0, 0.1) is 0 Å². The highest BCUT2D eigenvalue weighted by molar-refractivity contribution is 7.20. The zero-order chi connectivity index (χ0) is 27.6. The van der Waals surface area contributed by atoms with Gasteiger partial charge in [0.05, 0.1) is 15.8 Å². The van der Waals surface area contributed by atoms with Crippen molar-refractivity contribution in [1.29, 1.82) is 0 Å². The number of nitrogens with one attached hydrogen (secondary N) is 2. The highest BCUT2D eigenvalue weighted by atomic mass is 35.5. The molecular formula is C29H29ClN5O3S. The molecule has 39 heavy (non-hydrogen) atoms. The van der Waals surface area contributed by atoms with Gasteiger partial charge in [0.2, 0.25) is 0 Å². The number of rotatable bonds is 8. The average molecular weight is 563 g/mol. The van der Waals surface area contributed by atoms with Gasteiger partial charge in [-0.2, -0.15) is 4.68 Å². The predicted molar refractivity (Wildman–Crippen MR) is 154 cm³/mol. The van der Waals surface area contributed by atoms with Crippen LogP contribution < -0.4 is 10.6 Å². The van der Waals surface area contributed by atoms with Crippen LogP contribution >= 0.6 is 22.9 Å². The fourth-order valence-electron chi connectivity index (χ4n) is 4.87. The number of nitrogens with zero attached hydrogens (tertiary/aromatic N) is 3. The Morgan fingerprint density at radius 1 is 1.05 bits per heavy atom. The molecule has 2 N–H and O–H groups in total. The molecule has 4 aromatic rings. The molecule has 3 heterocycles. The van der Waals surface area contributed by atoms with Crippen LogP contribution in [0.15, 0.2) is 54.6 Å². The van der Waals surface area contributed by atoms with E-state index in [0.717, 1.165) is 46.8 Å². The van der Waals surface area contributed by atoms with E-state index in [1.54, 1.807) is 30.7 Å². The van der Waals surface area contributed by atoms with Crippen molar-refractivity contribution < 1.29 is 14.4 Å². The van der Waals surface area contributed by atoms with Crippen LogP contribution in [0.3, 0.4) is 0 Å². The van der Waals surface area contributed by atoms with Gasteiger partial charge in [-0.05, 0) is 75.2 Å². The Hall–Kier alpha value is -3.53. The number of likely N-dealkylation sites (tertiary alicyclic amines) is 1. The Morgan fingerprint density at radius 3 is 2.46 bits per heavy atom. The van der Waals surface area contributed by atoms with Gasteiger partial charge in [0.25, 0.3) is 11.8 Å². The molecule has 2 aromatic heterocycles. The van der Waals surface area contributed by atoms with Crippen LogP contribution in [0.2, 0.25) is 5.02 Å². The standard InChI is InChI=1S/C29H29ClN5O3S/c1-29(2,22-8-4-5-9-23(22)30)32-27(38)24-16-21-25(33-35(18-36)28(21)39-24)31-26(37)20-12-10-19(11-13-20)17-34-14-6-3-7-15-34/h4-5,8-13,16H,3,6-7,14-15,17H2,1-2H3,(H,32,38)(H,31,33,37). The zero-order valence-corrected chi connectivity index (χ0v) is 23.4. The molecule has 0 spiro atoms. The smallest absolute Gasteiger partial charge is 0.340 e. The molecule has 0 atom stereocenters. The number of halogens is 1. The molecule has 1 fully saturated rings. The summed E-state index contributed by atoms with van der Waals surface area (Å²) in [6, 6.07) is 16.5. The summed E-state index contributed by atoms with van der Waals surface area (Å²) in [5.74, 6) is -0.495. The van der Waals surface area contributed by atoms with Crippen molar-refractivity contribution in [2.75, 3.05) is 18.4 Å². The highest BCUT2D eigenvalue weighted by Gasteiger charge is 2.27. The molecular weight excluding hydrogens is 534 g/mol. The van der Waals surface area contributed by atoms with Gasteiger partial charge >= 0.3 is 6.41 Å². The van der Waals surface area contributed by atoms with Crippen LogP contribution in [-0.2, 0) is 16.9 Å². The van der Waals surface area contributed by atoms with Crippen molar-refractivity contribution in [2.45, 2.75) is 45.2 Å². The average Bonchev–Trinajstić information content (AvgIpc) is 3.50. The third-order valence-corrected chi connectivity index (χ3v) is 8.39. The van der Waals surface area contributed by atoms with E-state index in [4.69, 9.17) is 11.6 Å². The molecule has 8 nitrogen and oxygen atoms in total. The first-order valence-corrected chi connectivity index (χ1v) is 14.1. The lowest BCUT2D eigenvalue weighted by Crippen LogP contribution is -2.40. The monoisotopic (exact) mass is 562 g/mol. The minimum absolute atomic E-state index is 0.191. The third kappa shape index (κ3) is 5.90. The van der Waals surface area contributed by atoms with Crippen molar-refractivity contribution >= 4 is 57.2 Å². The summed E-state index contributed by atoms with van der Waals surface area (Å²) in [6.07, 6.45) is 5.49. The molecule has 10 heteroatoms. The highest BCUT2D eigenvalue weighted by Crippen LogP contribution is 2.33. The molecule has 2 aromatic carbocycles. The second-order valence-electron chi connectivity index (χ2n) is 10.2. The fourth-order valence-corrected chi connectivity index (χ4v) is 6.20. The molecule has 0 bridgehead atoms. The molecule has 1 saturated heterocycles. The molecule has 201 valence electrons. The van der Waals surface area contributed by atoms with Crippen molar-refractivity contribution in [1.82, 2.24) is 20.0 Å². The van der Waals surface area contributed by atoms with Crippen LogP contribution in [0.5, 0.6) is 0 Å². The minimum Gasteiger partial charge on any atom is -0.342 e. The summed E-state index contributed by atoms with van der Waals surface area (Å²) in [4.78, 5) is 41.0. The van der Waals surface area contributed by atoms with E-state index in [1.807, 2.05) is 44.2 Å². The summed E-state index contributed by atoms with van der Waals surface area (Å²) in [5.41, 5.74) is 1.67. The fraction of sp³-hybridized carbons (Fsp3) is 0.310. The van der Waals surface area contributed by atoms with Gasteiger partial charge in [-0.3, -0.25) is 19.3 Å². The van der Waals surface area contributed by atoms with E-state index in [0.29, 0.717) is 25.7 Å². The molecule has 0 aliphatic carbocycles. The van der Waals surface area contributed by atoms with Gasteiger partial charge in [-0.15, -0.1) is 16.4 Å². The lowest BCUT2D eigenvalue weighted by atomic mass is 9.94. The van der Waals surface area contributed by atoms with Crippen LogP contribution in [0.1, 0.15) is 64.3 Å². The number of hydrogen-bond donors (Lipinski definition) is 2. The quantitative estimate of drug-likeness (QED) is 0.293. The van der Waals surface area contributed by atoms with Crippen molar-refractivity contribution in [3.05, 3.63) is 81.2 Å². The topological polar surface area (TPSA) is 96.3 Å². The molecule has 1 radical (unpaired) electrons. The van der Waals surface area contributed by atoms with Gasteiger partial charge in [0.15, 0.2) is 5.82 Å². The number of thiophene rings is 1. The molecule has 0 saturated carbocycles. The summed E-state index contributed by atoms with van der Waals surface area (Å²) in [7, 11) is 0. The minimum atomic E-state index is -0.744. The van der Waals surface area contributed by atoms with Gasteiger partial charge in [-0.25, -0.2) is 0 Å². The van der Waals surface area contributed by atoms with Gasteiger partial charge < -0.3 is 10.6 Å². The van der Waals surface area contributed by atoms with Crippen LogP contribution in [0.25, 0.3) is 10.2 Å². The third-order valence-electron chi connectivity index (χ3n) is 6.95. The Balaban J connectivity index is 1.32. The molecule has 1 aliphatic rings. The van der Waals surface area contributed by atoms with E-state index < -0.39 is 5.54 Å². The summed E-state index contributed by atoms with van der Waals surface area (Å²) in [6.45, 7) is 6.81. The van der Waals surface area contributed by atoms with E-state index in [1.165, 1.54) is 19.3 Å². The first-order chi connectivity index (χ1) is 18.7. The van der Waals surface area contributed by atoms with Crippen molar-refractivity contribution in [3.63, 3.8) is 0 Å². The first-order valence-electron chi connectivity index (χ1n) is 12.9. The number of piperidine rings is 1. The van der Waals surface area contributed by atoms with Crippen LogP contribution in [0.4, 0.5) is 5.82 Å². The molecule has 0 unspecified atom stereocenters. The maximum Gasteiger partial charge on any atom is 0.340 e. The van der Waals surface area contributed by atoms with Gasteiger partial charge in [0.1, 0.15) is 4.83 Å². The largest absolute Gasteiger partial charge is 0.342 e. The maximum absolute atomic E-state index is 13.2. The number of aromatic nitrogens is 2. The number of hydrogen-bond acceptors (Lipinski definition) is 6. The van der Waals surface area contributed by atoms with Crippen LogP contribution in [-0.4, -0.2) is 46.0 Å². The summed E-state index contributed by atoms with van der Waals surface area (Å²) < 4.78 is 1.01. The predicted octanol–water partition coefficient (Wildman–Crippen LogP) is 5.57. The second-order valence-corrected chi connectivity index (χ2v) is 11.7. The normalized spacial score (nSPS) is 14.3. The maximum atomic E-state index is 13.2. The Morgan fingerprint density at radius 2 is 1.77 bits per heavy atom. The van der Waals surface area contributed by atoms with E-state index in [-0.39, 0.29) is 17.6 Å². The van der Waals surface area contributed by atoms with Crippen molar-refractivity contribution in [2.24, 2.45) is 0 Å². The SMILES string of the molecule is CC(C)(NC(=O)c1cc2c(NC(=O)c3ccc(CN4CCCCC4)cc3)nn([C]=O)c2s1)c1ccccc1Cl. The Labute approximate surface area is 235 Å². The summed E-state index contributed by atoms with van der Waals surface area (Å²) >= 11 is 7.45. The lowest BCUT2D eigenvalue weighted by molar-refractivity contribution is 0.0915. The number of benzene rings is 2. The van der Waals surface area contributed by atoms with E-state index in [9.17, 15) is 14.4 Å². The van der Waals surface area contributed by atoms with E-state index in [2.05, 4.69) is 20.6 Å². The lowest BCUT2D eigenvalue weighted by Gasteiger charge is -2.27. The molecule has 2 amide bonds. The number of amides is 2. The molecule has 5 rings (SSSR count). The summed E-state index contributed by atoms with van der Waals surface area (Å²) in [5, 5.41) is 11.0.